The quantitative estimate of drug-likeness (QED) is 0.0638. The second kappa shape index (κ2) is 29.1. The van der Waals surface area contributed by atoms with Crippen molar-refractivity contribution in [2.45, 2.75) is 261 Å². The lowest BCUT2D eigenvalue weighted by atomic mass is 9.84. The van der Waals surface area contributed by atoms with Gasteiger partial charge >= 0.3 is 0 Å². The number of hydrogen-bond donors (Lipinski definition) is 0. The van der Waals surface area contributed by atoms with Crippen LogP contribution in [0, 0.1) is 0 Å². The van der Waals surface area contributed by atoms with Gasteiger partial charge in [0.2, 0.25) is 12.6 Å². The molecule has 2 aromatic rings. The van der Waals surface area contributed by atoms with Crippen LogP contribution in [0.5, 0.6) is 11.5 Å². The molecule has 5 nitrogen and oxygen atoms in total. The second-order valence-corrected chi connectivity index (χ2v) is 22.0. The number of quaternary nitrogens is 2. The fraction of sp³-hybridized carbons (Fsp3) is 0.800. The number of hydrogen-bond acceptors (Lipinski definition) is 3. The minimum absolute atomic E-state index is 0.329. The number of unbranched alkanes of at least 4 members (excludes halogenated alkanes) is 8. The molecule has 2 aromatic carbocycles. The maximum atomic E-state index is 7.16. The molecule has 0 spiro atoms. The van der Waals surface area contributed by atoms with Crippen molar-refractivity contribution in [2.75, 3.05) is 52.4 Å². The first-order valence-electron chi connectivity index (χ1n) is 28.5. The molecule has 2 aliphatic rings. The summed E-state index contributed by atoms with van der Waals surface area (Å²) < 4.78 is 23.9. The van der Waals surface area contributed by atoms with Crippen LogP contribution >= 0.6 is 0 Å². The van der Waals surface area contributed by atoms with E-state index in [2.05, 4.69) is 107 Å². The fourth-order valence-corrected chi connectivity index (χ4v) is 11.5. The number of benzene rings is 2. The summed E-state index contributed by atoms with van der Waals surface area (Å²) in [6.07, 6.45) is 27.4. The molecule has 5 heteroatoms. The topological polar surface area (TPSA) is 27.7 Å². The Bertz CT molecular complexity index is 1530. The predicted molar refractivity (Wildman–Crippen MR) is 281 cm³/mol. The average Bonchev–Trinajstić information content (AvgIpc) is 3.31. The van der Waals surface area contributed by atoms with Gasteiger partial charge in [-0.05, 0) is 135 Å². The van der Waals surface area contributed by atoms with Crippen molar-refractivity contribution >= 4 is 0 Å². The minimum Gasteiger partial charge on any atom is -0.459 e. The van der Waals surface area contributed by atoms with E-state index in [1.165, 1.54) is 225 Å². The first-order valence-corrected chi connectivity index (χ1v) is 28.5. The molecule has 0 radical (unpaired) electrons. The Morgan fingerprint density at radius 2 is 0.662 bits per heavy atom. The summed E-state index contributed by atoms with van der Waals surface area (Å²) in [7, 11) is 0. The van der Waals surface area contributed by atoms with Crippen LogP contribution in [0.2, 0.25) is 0 Å². The largest absolute Gasteiger partial charge is 0.459 e. The molecule has 65 heavy (non-hydrogen) atoms. The van der Waals surface area contributed by atoms with E-state index in [-0.39, 0.29) is 0 Å². The van der Waals surface area contributed by atoms with Gasteiger partial charge in [0.1, 0.15) is 11.5 Å². The van der Waals surface area contributed by atoms with E-state index in [1.807, 2.05) is 0 Å². The highest BCUT2D eigenvalue weighted by Gasteiger charge is 2.42. The zero-order valence-electron chi connectivity index (χ0n) is 45.1. The SMILES string of the molecule is CCCCC(CCCC)c1cc(C(C)C)c2c(c1)C1Oc3c(C(C)C)cc(C(CCC[N+](CCCC)(CCCC)CCCC)CCC[N+](CCCC)(CCCC)CCCC)cc3C(O2)O1. The maximum Gasteiger partial charge on any atom is 0.233 e. The molecular weight excluding hydrogens is 797 g/mol. The van der Waals surface area contributed by atoms with Crippen molar-refractivity contribution in [1.82, 2.24) is 0 Å². The molecule has 0 amide bonds. The van der Waals surface area contributed by atoms with Gasteiger partial charge in [0.05, 0.1) is 63.5 Å². The predicted octanol–water partition coefficient (Wildman–Crippen LogP) is 18.0. The first-order chi connectivity index (χ1) is 31.5. The molecule has 372 valence electrons. The Kier molecular flexibility index (Phi) is 24.8. The van der Waals surface area contributed by atoms with Gasteiger partial charge in [-0.1, -0.05) is 159 Å². The lowest BCUT2D eigenvalue weighted by Gasteiger charge is -2.41. The van der Waals surface area contributed by atoms with E-state index in [0.29, 0.717) is 23.7 Å². The van der Waals surface area contributed by atoms with Crippen molar-refractivity contribution in [3.8, 4) is 11.5 Å². The summed E-state index contributed by atoms with van der Waals surface area (Å²) in [5, 5.41) is 0. The fourth-order valence-electron chi connectivity index (χ4n) is 11.5. The van der Waals surface area contributed by atoms with Crippen molar-refractivity contribution in [3.63, 3.8) is 0 Å². The second-order valence-electron chi connectivity index (χ2n) is 22.0. The third kappa shape index (κ3) is 16.0. The zero-order chi connectivity index (χ0) is 47.2. The van der Waals surface area contributed by atoms with Crippen molar-refractivity contribution < 1.29 is 23.2 Å². The minimum atomic E-state index is -0.462. The van der Waals surface area contributed by atoms with E-state index in [1.54, 1.807) is 0 Å². The van der Waals surface area contributed by atoms with Crippen LogP contribution in [-0.2, 0) is 4.74 Å². The molecule has 2 bridgehead atoms. The van der Waals surface area contributed by atoms with E-state index in [4.69, 9.17) is 14.2 Å². The average molecular weight is 904 g/mol. The highest BCUT2D eigenvalue weighted by molar-refractivity contribution is 5.54. The summed E-state index contributed by atoms with van der Waals surface area (Å²) >= 11 is 0. The summed E-state index contributed by atoms with van der Waals surface area (Å²) in [5.41, 5.74) is 7.78. The zero-order valence-corrected chi connectivity index (χ0v) is 45.1. The third-order valence-corrected chi connectivity index (χ3v) is 15.8. The van der Waals surface area contributed by atoms with Gasteiger partial charge in [0.25, 0.3) is 0 Å². The standard InChI is InChI=1S/C60H106N2O3/c1-13-21-31-49(32-22-14-2)51-43-53(47(9)10)57-55(45-51)59-64-58-54(48(11)12)44-52(46-56(58)60(63-57)65-59)50(33-29-41-61(35-23-15-3,36-24-16-4)37-25-17-5)34-30-42-62(38-26-18-6,39-27-19-7)40-28-20-8/h43-50,59-60H,13-42H2,1-12H3/q+2. The summed E-state index contributed by atoms with van der Waals surface area (Å²) in [5.74, 6) is 3.75. The molecule has 0 aliphatic carbocycles. The van der Waals surface area contributed by atoms with Crippen LogP contribution < -0.4 is 9.47 Å². The molecule has 2 atom stereocenters. The summed E-state index contributed by atoms with van der Waals surface area (Å²) in [6, 6.07) is 9.97. The van der Waals surface area contributed by atoms with E-state index in [0.717, 1.165) is 22.6 Å². The van der Waals surface area contributed by atoms with Crippen LogP contribution in [0.1, 0.15) is 294 Å². The van der Waals surface area contributed by atoms with Gasteiger partial charge in [-0.25, -0.2) is 0 Å². The van der Waals surface area contributed by atoms with Gasteiger partial charge < -0.3 is 18.4 Å². The maximum absolute atomic E-state index is 7.16. The van der Waals surface area contributed by atoms with Crippen LogP contribution in [0.3, 0.4) is 0 Å². The van der Waals surface area contributed by atoms with Gasteiger partial charge in [-0.2, -0.15) is 0 Å². The normalized spacial score (nSPS) is 16.1. The Morgan fingerprint density at radius 3 is 0.938 bits per heavy atom. The third-order valence-electron chi connectivity index (χ3n) is 15.8. The van der Waals surface area contributed by atoms with Crippen molar-refractivity contribution in [3.05, 3.63) is 57.6 Å². The molecule has 0 saturated carbocycles. The Morgan fingerprint density at radius 1 is 0.385 bits per heavy atom. The Labute approximate surface area is 403 Å². The monoisotopic (exact) mass is 903 g/mol. The lowest BCUT2D eigenvalue weighted by molar-refractivity contribution is -0.929. The van der Waals surface area contributed by atoms with Crippen LogP contribution in [0.15, 0.2) is 24.3 Å². The Hall–Kier alpha value is -2.08. The molecular formula is C60H106N2O3+2. The first kappa shape index (κ1) is 55.5. The van der Waals surface area contributed by atoms with E-state index >= 15 is 0 Å². The van der Waals surface area contributed by atoms with Crippen LogP contribution in [0.25, 0.3) is 0 Å². The summed E-state index contributed by atoms with van der Waals surface area (Å²) in [4.78, 5) is 0. The molecule has 0 fully saturated rings. The number of rotatable bonds is 36. The van der Waals surface area contributed by atoms with Gasteiger partial charge in [0, 0.05) is 0 Å². The summed E-state index contributed by atoms with van der Waals surface area (Å²) in [6.45, 7) is 39.0. The molecule has 4 rings (SSSR count). The molecule has 2 aliphatic heterocycles. The van der Waals surface area contributed by atoms with Gasteiger partial charge in [0.15, 0.2) is 0 Å². The number of fused-ring (bicyclic) bond motifs is 6. The van der Waals surface area contributed by atoms with E-state index < -0.39 is 12.6 Å². The highest BCUT2D eigenvalue weighted by Crippen LogP contribution is 2.53. The smallest absolute Gasteiger partial charge is 0.233 e. The van der Waals surface area contributed by atoms with E-state index in [9.17, 15) is 0 Å². The number of nitrogens with zero attached hydrogens (tertiary/aromatic N) is 2. The van der Waals surface area contributed by atoms with Crippen molar-refractivity contribution in [1.29, 1.82) is 0 Å². The molecule has 0 aromatic heterocycles. The molecule has 0 N–H and O–H groups in total. The Balaban J connectivity index is 1.77. The van der Waals surface area contributed by atoms with Crippen LogP contribution in [0.4, 0.5) is 0 Å². The van der Waals surface area contributed by atoms with Gasteiger partial charge in [-0.15, -0.1) is 0 Å². The van der Waals surface area contributed by atoms with Crippen molar-refractivity contribution in [2.24, 2.45) is 0 Å². The van der Waals surface area contributed by atoms with Crippen LogP contribution in [-0.4, -0.2) is 61.3 Å². The lowest BCUT2D eigenvalue weighted by Crippen LogP contribution is -2.51. The number of ether oxygens (including phenoxy) is 3. The van der Waals surface area contributed by atoms with Gasteiger partial charge in [-0.3, -0.25) is 4.74 Å². The molecule has 2 heterocycles. The molecule has 0 saturated heterocycles. The molecule has 2 unspecified atom stereocenters. The highest BCUT2D eigenvalue weighted by atomic mass is 16.8.